The molecule has 6 heteroatoms. The Bertz CT molecular complexity index is 725. The minimum atomic E-state index is -0.0764. The van der Waals surface area contributed by atoms with Crippen LogP contribution in [0.15, 0.2) is 34.3 Å². The van der Waals surface area contributed by atoms with Crippen LogP contribution in [0, 0.1) is 0 Å². The number of aromatic nitrogens is 1. The molecular formula is C15H16ClN3O2. The lowest BCUT2D eigenvalue weighted by Crippen LogP contribution is -2.21. The molecule has 2 heterocycles. The first-order valence-electron chi connectivity index (χ1n) is 6.19. The predicted molar refractivity (Wildman–Crippen MR) is 85.2 cm³/mol. The van der Waals surface area contributed by atoms with Crippen molar-refractivity contribution in [1.82, 2.24) is 9.47 Å². The molecule has 2 aromatic heterocycles. The predicted octanol–water partition coefficient (Wildman–Crippen LogP) is 3.53. The van der Waals surface area contributed by atoms with E-state index in [0.29, 0.717) is 22.8 Å². The zero-order valence-electron chi connectivity index (χ0n) is 12.2. The van der Waals surface area contributed by atoms with Crippen LogP contribution in [0.5, 0.6) is 0 Å². The van der Waals surface area contributed by atoms with Crippen LogP contribution in [0.3, 0.4) is 0 Å². The second-order valence-corrected chi connectivity index (χ2v) is 5.27. The molecule has 0 aromatic carbocycles. The summed E-state index contributed by atoms with van der Waals surface area (Å²) in [5.74, 6) is 0.852. The normalized spacial score (nSPS) is 10.5. The second kappa shape index (κ2) is 5.61. The fourth-order valence-electron chi connectivity index (χ4n) is 2.00. The lowest BCUT2D eigenvalue weighted by atomic mass is 10.2. The number of amides is 1. The quantitative estimate of drug-likeness (QED) is 0.811. The topological polar surface area (TPSA) is 50.7 Å². The first-order chi connectivity index (χ1) is 9.85. The number of carbonyl (C=O) groups excluding carboxylic acids is 1. The van der Waals surface area contributed by atoms with E-state index >= 15 is 0 Å². The lowest BCUT2D eigenvalue weighted by molar-refractivity contribution is 0.0827. The van der Waals surface area contributed by atoms with E-state index < -0.39 is 0 Å². The number of aliphatic imine (C=N–C) groups is 1. The molecule has 110 valence electrons. The molecule has 5 nitrogen and oxygen atoms in total. The number of aryl methyl sites for hydroxylation is 1. The molecule has 0 N–H and O–H groups in total. The summed E-state index contributed by atoms with van der Waals surface area (Å²) in [4.78, 5) is 17.4. The molecule has 0 aliphatic rings. The molecule has 0 unspecified atom stereocenters. The fourth-order valence-corrected chi connectivity index (χ4v) is 2.14. The van der Waals surface area contributed by atoms with Crippen LogP contribution >= 0.6 is 11.6 Å². The van der Waals surface area contributed by atoms with Crippen LogP contribution in [-0.4, -0.2) is 36.2 Å². The summed E-state index contributed by atoms with van der Waals surface area (Å²) < 4.78 is 7.49. The molecule has 0 bridgehead atoms. The van der Waals surface area contributed by atoms with Gasteiger partial charge in [-0.05, 0) is 12.8 Å². The molecule has 0 spiro atoms. The number of rotatable bonds is 4. The molecular weight excluding hydrogens is 290 g/mol. The number of halogens is 1. The largest absolute Gasteiger partial charge is 0.451 e. The van der Waals surface area contributed by atoms with Gasteiger partial charge in [0.25, 0.3) is 5.91 Å². The van der Waals surface area contributed by atoms with Crippen molar-refractivity contribution in [2.45, 2.75) is 0 Å². The zero-order chi connectivity index (χ0) is 15.7. The van der Waals surface area contributed by atoms with Crippen molar-refractivity contribution in [3.63, 3.8) is 0 Å². The first kappa shape index (κ1) is 15.1. The molecule has 2 rings (SSSR count). The van der Waals surface area contributed by atoms with Gasteiger partial charge in [0.1, 0.15) is 5.69 Å². The molecule has 2 aromatic rings. The average Bonchev–Trinajstić information content (AvgIpc) is 3.00. The van der Waals surface area contributed by atoms with Crippen molar-refractivity contribution in [2.24, 2.45) is 12.0 Å². The van der Waals surface area contributed by atoms with Crippen molar-refractivity contribution < 1.29 is 9.21 Å². The summed E-state index contributed by atoms with van der Waals surface area (Å²) in [5, 5.41) is 0.252. The Morgan fingerprint density at radius 2 is 2.10 bits per heavy atom. The van der Waals surface area contributed by atoms with Crippen LogP contribution in [0.25, 0.3) is 16.5 Å². The van der Waals surface area contributed by atoms with Crippen molar-refractivity contribution in [3.8, 4) is 11.5 Å². The van der Waals surface area contributed by atoms with Crippen molar-refractivity contribution in [1.29, 1.82) is 0 Å². The van der Waals surface area contributed by atoms with Crippen molar-refractivity contribution in [3.05, 3.63) is 36.2 Å². The highest BCUT2D eigenvalue weighted by Crippen LogP contribution is 2.36. The molecule has 21 heavy (non-hydrogen) atoms. The third kappa shape index (κ3) is 2.78. The van der Waals surface area contributed by atoms with E-state index in [-0.39, 0.29) is 10.9 Å². The molecule has 0 radical (unpaired) electrons. The van der Waals surface area contributed by atoms with Crippen LogP contribution in [0.1, 0.15) is 16.1 Å². The highest BCUT2D eigenvalue weighted by molar-refractivity contribution is 6.48. The lowest BCUT2D eigenvalue weighted by Gasteiger charge is -2.07. The third-order valence-electron chi connectivity index (χ3n) is 3.04. The van der Waals surface area contributed by atoms with Gasteiger partial charge in [-0.1, -0.05) is 18.2 Å². The van der Waals surface area contributed by atoms with Gasteiger partial charge in [0.2, 0.25) is 0 Å². The van der Waals surface area contributed by atoms with E-state index in [4.69, 9.17) is 16.0 Å². The fraction of sp³-hybridized carbons (Fsp3) is 0.200. The maximum absolute atomic E-state index is 12.0. The molecule has 0 atom stereocenters. The van der Waals surface area contributed by atoms with Gasteiger partial charge in [-0.15, -0.1) is 0 Å². The SMILES string of the molecule is C=Nc1cc(-c2cc(C(=O)N(C)C)cn2C)oc1C(=C)Cl. The molecule has 0 fully saturated rings. The molecule has 0 saturated heterocycles. The number of hydrogen-bond donors (Lipinski definition) is 0. The molecule has 0 aliphatic heterocycles. The summed E-state index contributed by atoms with van der Waals surface area (Å²) in [5.41, 5.74) is 1.84. The molecule has 0 aliphatic carbocycles. The summed E-state index contributed by atoms with van der Waals surface area (Å²) in [6.07, 6.45) is 1.75. The number of furan rings is 1. The number of carbonyl (C=O) groups is 1. The minimum absolute atomic E-state index is 0.0764. The Morgan fingerprint density at radius 3 is 2.57 bits per heavy atom. The molecule has 0 saturated carbocycles. The average molecular weight is 306 g/mol. The van der Waals surface area contributed by atoms with Gasteiger partial charge in [-0.2, -0.15) is 0 Å². The van der Waals surface area contributed by atoms with Gasteiger partial charge < -0.3 is 13.9 Å². The van der Waals surface area contributed by atoms with E-state index in [2.05, 4.69) is 18.3 Å². The molecule has 1 amide bonds. The van der Waals surface area contributed by atoms with E-state index in [0.717, 1.165) is 5.69 Å². The second-order valence-electron chi connectivity index (χ2n) is 4.81. The first-order valence-corrected chi connectivity index (χ1v) is 6.56. The van der Waals surface area contributed by atoms with Gasteiger partial charge in [-0.3, -0.25) is 9.79 Å². The van der Waals surface area contributed by atoms with Crippen molar-refractivity contribution >= 4 is 34.9 Å². The number of nitrogens with zero attached hydrogens (tertiary/aromatic N) is 3. The van der Waals surface area contributed by atoms with Gasteiger partial charge >= 0.3 is 0 Å². The van der Waals surface area contributed by atoms with Crippen molar-refractivity contribution in [2.75, 3.05) is 14.1 Å². The summed E-state index contributed by atoms with van der Waals surface area (Å²) in [6, 6.07) is 3.48. The standard InChI is InChI=1S/C15H16ClN3O2/c1-9(16)14-11(17-2)7-13(21-14)12-6-10(8-19(12)5)15(20)18(3)4/h6-8H,1-2H2,3-5H3. The van der Waals surface area contributed by atoms with E-state index in [9.17, 15) is 4.79 Å². The van der Waals surface area contributed by atoms with E-state index in [1.165, 1.54) is 4.90 Å². The zero-order valence-corrected chi connectivity index (χ0v) is 12.9. The maximum atomic E-state index is 12.0. The van der Waals surface area contributed by atoms with Crippen LogP contribution in [-0.2, 0) is 7.05 Å². The van der Waals surface area contributed by atoms with Crippen LogP contribution < -0.4 is 0 Å². The van der Waals surface area contributed by atoms with Crippen LogP contribution in [0.4, 0.5) is 5.69 Å². The summed E-state index contributed by atoms with van der Waals surface area (Å²) in [6.45, 7) is 7.12. The van der Waals surface area contributed by atoms with E-state index in [1.54, 1.807) is 32.4 Å². The van der Waals surface area contributed by atoms with Gasteiger partial charge in [-0.25, -0.2) is 0 Å². The summed E-state index contributed by atoms with van der Waals surface area (Å²) in [7, 11) is 5.24. The monoisotopic (exact) mass is 305 g/mol. The maximum Gasteiger partial charge on any atom is 0.254 e. The van der Waals surface area contributed by atoms with Gasteiger partial charge in [0.15, 0.2) is 11.5 Å². The Morgan fingerprint density at radius 1 is 1.43 bits per heavy atom. The number of hydrogen-bond acceptors (Lipinski definition) is 3. The van der Waals surface area contributed by atoms with Gasteiger partial charge in [0.05, 0.1) is 16.3 Å². The third-order valence-corrected chi connectivity index (χ3v) is 3.21. The Balaban J connectivity index is 2.50. The highest BCUT2D eigenvalue weighted by Gasteiger charge is 2.18. The summed E-state index contributed by atoms with van der Waals surface area (Å²) >= 11 is 5.88. The van der Waals surface area contributed by atoms with Crippen LogP contribution in [0.2, 0.25) is 0 Å². The Labute approximate surface area is 128 Å². The van der Waals surface area contributed by atoms with Gasteiger partial charge in [0, 0.05) is 33.4 Å². The highest BCUT2D eigenvalue weighted by atomic mass is 35.5. The Hall–Kier alpha value is -2.27. The smallest absolute Gasteiger partial charge is 0.254 e. The van der Waals surface area contributed by atoms with E-state index in [1.807, 2.05) is 11.6 Å². The minimum Gasteiger partial charge on any atom is -0.451 e. The Kier molecular flexibility index (Phi) is 4.04.